The van der Waals surface area contributed by atoms with Gasteiger partial charge in [-0.05, 0) is 55.0 Å². The Labute approximate surface area is 186 Å². The van der Waals surface area contributed by atoms with E-state index in [0.29, 0.717) is 25.3 Å². The summed E-state index contributed by atoms with van der Waals surface area (Å²) >= 11 is 6.10. The van der Waals surface area contributed by atoms with Crippen LogP contribution in [0.3, 0.4) is 0 Å². The Morgan fingerprint density at radius 3 is 2.68 bits per heavy atom. The standard InChI is InChI=1S/C24H23ClN4O2/c1-17-15-19(7-8-20(17)25)31-14-13-29-22-6-4-3-5-21(22)27-23(29)16-28(2)24(30)18-9-11-26-12-10-18/h3-12,15H,13-14,16H2,1-2H3. The van der Waals surface area contributed by atoms with Crippen LogP contribution in [0.1, 0.15) is 21.7 Å². The highest BCUT2D eigenvalue weighted by Crippen LogP contribution is 2.22. The second kappa shape index (κ2) is 9.18. The van der Waals surface area contributed by atoms with Crippen molar-refractivity contribution in [2.45, 2.75) is 20.0 Å². The van der Waals surface area contributed by atoms with Gasteiger partial charge in [0.05, 0.1) is 24.1 Å². The first-order chi connectivity index (χ1) is 15.0. The number of aryl methyl sites for hydroxylation is 1. The van der Waals surface area contributed by atoms with E-state index < -0.39 is 0 Å². The zero-order valence-corrected chi connectivity index (χ0v) is 18.2. The third-order valence-corrected chi connectivity index (χ3v) is 5.52. The van der Waals surface area contributed by atoms with Crippen LogP contribution in [-0.4, -0.2) is 39.0 Å². The number of para-hydroxylation sites is 2. The van der Waals surface area contributed by atoms with E-state index in [1.165, 1.54) is 0 Å². The molecule has 0 saturated carbocycles. The van der Waals surface area contributed by atoms with Gasteiger partial charge in [-0.3, -0.25) is 9.78 Å². The fraction of sp³-hybridized carbons (Fsp3) is 0.208. The van der Waals surface area contributed by atoms with Gasteiger partial charge < -0.3 is 14.2 Å². The summed E-state index contributed by atoms with van der Waals surface area (Å²) in [5.41, 5.74) is 3.48. The Balaban J connectivity index is 1.52. The number of imidazole rings is 1. The molecule has 2 aromatic carbocycles. The fourth-order valence-corrected chi connectivity index (χ4v) is 3.57. The van der Waals surface area contributed by atoms with Gasteiger partial charge in [0.25, 0.3) is 5.91 Å². The zero-order chi connectivity index (χ0) is 21.8. The fourth-order valence-electron chi connectivity index (χ4n) is 3.46. The van der Waals surface area contributed by atoms with Crippen molar-refractivity contribution in [1.82, 2.24) is 19.4 Å². The van der Waals surface area contributed by atoms with Crippen molar-refractivity contribution in [1.29, 1.82) is 0 Å². The van der Waals surface area contributed by atoms with Crippen molar-refractivity contribution in [2.75, 3.05) is 13.7 Å². The maximum absolute atomic E-state index is 12.8. The maximum Gasteiger partial charge on any atom is 0.254 e. The Hall–Kier alpha value is -3.38. The van der Waals surface area contributed by atoms with Gasteiger partial charge >= 0.3 is 0 Å². The van der Waals surface area contributed by atoms with Crippen LogP contribution in [0.15, 0.2) is 67.0 Å². The zero-order valence-electron chi connectivity index (χ0n) is 17.5. The van der Waals surface area contributed by atoms with E-state index in [9.17, 15) is 4.79 Å². The average molecular weight is 435 g/mol. The molecular weight excluding hydrogens is 412 g/mol. The number of benzene rings is 2. The van der Waals surface area contributed by atoms with Crippen LogP contribution < -0.4 is 4.74 Å². The second-order valence-corrected chi connectivity index (χ2v) is 7.73. The first kappa shape index (κ1) is 20.9. The molecule has 0 aliphatic carbocycles. The second-order valence-electron chi connectivity index (χ2n) is 7.32. The molecule has 2 aromatic heterocycles. The lowest BCUT2D eigenvalue weighted by atomic mass is 10.2. The van der Waals surface area contributed by atoms with Crippen molar-refractivity contribution in [3.05, 3.63) is 89.0 Å². The summed E-state index contributed by atoms with van der Waals surface area (Å²) in [5.74, 6) is 1.51. The Bertz CT molecular complexity index is 1210. The summed E-state index contributed by atoms with van der Waals surface area (Å²) in [6.07, 6.45) is 3.23. The molecule has 0 N–H and O–H groups in total. The number of pyridine rings is 1. The van der Waals surface area contributed by atoms with Gasteiger partial charge in [0, 0.05) is 30.0 Å². The number of carbonyl (C=O) groups is 1. The number of halogens is 1. The van der Waals surface area contributed by atoms with Crippen LogP contribution in [0.4, 0.5) is 0 Å². The summed E-state index contributed by atoms with van der Waals surface area (Å²) in [7, 11) is 1.78. The molecule has 6 nitrogen and oxygen atoms in total. The molecule has 0 spiro atoms. The molecule has 0 unspecified atom stereocenters. The topological polar surface area (TPSA) is 60.2 Å². The smallest absolute Gasteiger partial charge is 0.254 e. The van der Waals surface area contributed by atoms with E-state index >= 15 is 0 Å². The number of hydrogen-bond acceptors (Lipinski definition) is 4. The van der Waals surface area contributed by atoms with Crippen LogP contribution >= 0.6 is 11.6 Å². The molecule has 0 saturated heterocycles. The Morgan fingerprint density at radius 2 is 1.90 bits per heavy atom. The lowest BCUT2D eigenvalue weighted by Gasteiger charge is -2.18. The number of carbonyl (C=O) groups excluding carboxylic acids is 1. The van der Waals surface area contributed by atoms with Gasteiger partial charge in [-0.25, -0.2) is 4.98 Å². The Morgan fingerprint density at radius 1 is 1.13 bits per heavy atom. The highest BCUT2D eigenvalue weighted by atomic mass is 35.5. The van der Waals surface area contributed by atoms with Crippen molar-refractivity contribution in [3.8, 4) is 5.75 Å². The molecule has 0 aliphatic heterocycles. The van der Waals surface area contributed by atoms with Crippen molar-refractivity contribution >= 4 is 28.5 Å². The van der Waals surface area contributed by atoms with Gasteiger partial charge in [-0.2, -0.15) is 0 Å². The molecule has 2 heterocycles. The largest absolute Gasteiger partial charge is 0.492 e. The number of amides is 1. The molecule has 0 atom stereocenters. The summed E-state index contributed by atoms with van der Waals surface area (Å²) in [6.45, 7) is 3.41. The summed E-state index contributed by atoms with van der Waals surface area (Å²) in [5, 5.41) is 0.720. The van der Waals surface area contributed by atoms with E-state index in [2.05, 4.69) is 9.55 Å². The van der Waals surface area contributed by atoms with Crippen molar-refractivity contribution < 1.29 is 9.53 Å². The van der Waals surface area contributed by atoms with Crippen LogP contribution in [-0.2, 0) is 13.1 Å². The van der Waals surface area contributed by atoms with E-state index in [1.54, 1.807) is 36.5 Å². The molecule has 0 bridgehead atoms. The normalized spacial score (nSPS) is 10.9. The van der Waals surface area contributed by atoms with Crippen LogP contribution in [0, 0.1) is 6.92 Å². The number of ether oxygens (including phenoxy) is 1. The van der Waals surface area contributed by atoms with Gasteiger partial charge in [-0.1, -0.05) is 23.7 Å². The molecule has 4 aromatic rings. The van der Waals surface area contributed by atoms with E-state index in [4.69, 9.17) is 21.3 Å². The summed E-state index contributed by atoms with van der Waals surface area (Å²) in [6, 6.07) is 17.0. The van der Waals surface area contributed by atoms with Crippen molar-refractivity contribution in [3.63, 3.8) is 0 Å². The lowest BCUT2D eigenvalue weighted by molar-refractivity contribution is 0.0780. The minimum Gasteiger partial charge on any atom is -0.492 e. The molecule has 7 heteroatoms. The summed E-state index contributed by atoms with van der Waals surface area (Å²) in [4.78, 5) is 23.2. The van der Waals surface area contributed by atoms with Crippen LogP contribution in [0.5, 0.6) is 5.75 Å². The molecule has 0 fully saturated rings. The minimum atomic E-state index is -0.0751. The van der Waals surface area contributed by atoms with Crippen LogP contribution in [0.2, 0.25) is 5.02 Å². The van der Waals surface area contributed by atoms with Gasteiger partial charge in [0.15, 0.2) is 0 Å². The third kappa shape index (κ3) is 4.70. The number of hydrogen-bond donors (Lipinski definition) is 0. The number of aromatic nitrogens is 3. The van der Waals surface area contributed by atoms with E-state index in [0.717, 1.165) is 33.2 Å². The summed E-state index contributed by atoms with van der Waals surface area (Å²) < 4.78 is 8.05. The van der Waals surface area contributed by atoms with E-state index in [1.807, 2.05) is 49.4 Å². The quantitative estimate of drug-likeness (QED) is 0.421. The SMILES string of the molecule is Cc1cc(OCCn2c(CN(C)C(=O)c3ccncc3)nc3ccccc32)ccc1Cl. The first-order valence-corrected chi connectivity index (χ1v) is 10.4. The molecule has 31 heavy (non-hydrogen) atoms. The van der Waals surface area contributed by atoms with Crippen molar-refractivity contribution in [2.24, 2.45) is 0 Å². The Kier molecular flexibility index (Phi) is 6.18. The molecule has 1 amide bonds. The van der Waals surface area contributed by atoms with Gasteiger partial charge in [0.2, 0.25) is 0 Å². The van der Waals surface area contributed by atoms with Gasteiger partial charge in [-0.15, -0.1) is 0 Å². The molecule has 158 valence electrons. The van der Waals surface area contributed by atoms with E-state index in [-0.39, 0.29) is 5.91 Å². The van der Waals surface area contributed by atoms with Crippen LogP contribution in [0.25, 0.3) is 11.0 Å². The highest BCUT2D eigenvalue weighted by molar-refractivity contribution is 6.31. The first-order valence-electron chi connectivity index (χ1n) is 10.0. The monoisotopic (exact) mass is 434 g/mol. The number of fused-ring (bicyclic) bond motifs is 1. The maximum atomic E-state index is 12.8. The number of nitrogens with zero attached hydrogens (tertiary/aromatic N) is 4. The predicted octanol–water partition coefficient (Wildman–Crippen LogP) is 4.74. The molecule has 0 aliphatic rings. The minimum absolute atomic E-state index is 0.0751. The highest BCUT2D eigenvalue weighted by Gasteiger charge is 2.17. The number of rotatable bonds is 7. The average Bonchev–Trinajstić information content (AvgIpc) is 3.13. The third-order valence-electron chi connectivity index (χ3n) is 5.10. The lowest BCUT2D eigenvalue weighted by Crippen LogP contribution is -2.28. The molecular formula is C24H23ClN4O2. The molecule has 0 radical (unpaired) electrons. The van der Waals surface area contributed by atoms with Gasteiger partial charge in [0.1, 0.15) is 18.2 Å². The molecule has 4 rings (SSSR count). The predicted molar refractivity (Wildman–Crippen MR) is 121 cm³/mol.